The highest BCUT2D eigenvalue weighted by Gasteiger charge is 2.27. The van der Waals surface area contributed by atoms with Crippen molar-refractivity contribution in [2.45, 2.75) is 30.3 Å². The normalized spacial score (nSPS) is 19.3. The van der Waals surface area contributed by atoms with Gasteiger partial charge in [0, 0.05) is 18.8 Å². The molecule has 1 aliphatic rings. The number of hydrogen-bond donors (Lipinski definition) is 2. The standard InChI is InChI=1S/C19H22N2O7S2/c1-12-9-21(10-13(2)28-12)17(23)11-27-19(24)15-8-14(5-6-16(15)22)20-30(25,26)18-4-3-7-29-18/h3-8,12-13,20,22H,9-11H2,1-2H3. The number of phenolic OH excluding ortho intramolecular Hbond substituents is 1. The average molecular weight is 455 g/mol. The molecular weight excluding hydrogens is 432 g/mol. The third-order valence-corrected chi connectivity index (χ3v) is 7.11. The van der Waals surface area contributed by atoms with E-state index in [2.05, 4.69) is 4.72 Å². The number of aromatic hydroxyl groups is 1. The van der Waals surface area contributed by atoms with Crippen molar-refractivity contribution in [2.24, 2.45) is 0 Å². The summed E-state index contributed by atoms with van der Waals surface area (Å²) in [5, 5.41) is 11.6. The van der Waals surface area contributed by atoms with Crippen molar-refractivity contribution in [3.05, 3.63) is 41.3 Å². The molecule has 2 heterocycles. The molecule has 0 aliphatic carbocycles. The van der Waals surface area contributed by atoms with Gasteiger partial charge in [-0.05, 0) is 43.5 Å². The summed E-state index contributed by atoms with van der Waals surface area (Å²) in [5.41, 5.74) is -0.173. The highest BCUT2D eigenvalue weighted by molar-refractivity contribution is 7.94. The number of carbonyl (C=O) groups excluding carboxylic acids is 2. The van der Waals surface area contributed by atoms with Crippen LogP contribution in [0.2, 0.25) is 0 Å². The van der Waals surface area contributed by atoms with Gasteiger partial charge in [-0.3, -0.25) is 9.52 Å². The van der Waals surface area contributed by atoms with Gasteiger partial charge < -0.3 is 19.5 Å². The number of nitrogens with zero attached hydrogens (tertiary/aromatic N) is 1. The maximum absolute atomic E-state index is 12.4. The molecule has 1 aromatic heterocycles. The molecule has 0 radical (unpaired) electrons. The first kappa shape index (κ1) is 22.1. The molecule has 1 saturated heterocycles. The number of hydrogen-bond acceptors (Lipinski definition) is 8. The van der Waals surface area contributed by atoms with Crippen LogP contribution in [0.4, 0.5) is 5.69 Å². The quantitative estimate of drug-likeness (QED) is 0.506. The van der Waals surface area contributed by atoms with Crippen molar-refractivity contribution in [1.82, 2.24) is 4.90 Å². The van der Waals surface area contributed by atoms with Gasteiger partial charge in [-0.25, -0.2) is 13.2 Å². The number of nitrogens with one attached hydrogen (secondary N) is 1. The van der Waals surface area contributed by atoms with Crippen LogP contribution in [0.1, 0.15) is 24.2 Å². The first-order valence-electron chi connectivity index (χ1n) is 9.15. The van der Waals surface area contributed by atoms with E-state index in [1.165, 1.54) is 18.2 Å². The molecule has 0 bridgehead atoms. The van der Waals surface area contributed by atoms with Crippen molar-refractivity contribution in [3.8, 4) is 5.75 Å². The zero-order valence-corrected chi connectivity index (χ0v) is 18.0. The fraction of sp³-hybridized carbons (Fsp3) is 0.368. The number of amides is 1. The van der Waals surface area contributed by atoms with E-state index in [0.717, 1.165) is 17.4 Å². The highest BCUT2D eigenvalue weighted by atomic mass is 32.2. The van der Waals surface area contributed by atoms with E-state index in [1.54, 1.807) is 16.3 Å². The largest absolute Gasteiger partial charge is 0.507 e. The summed E-state index contributed by atoms with van der Waals surface area (Å²) < 4.78 is 37.7. The molecule has 9 nitrogen and oxygen atoms in total. The van der Waals surface area contributed by atoms with Crippen LogP contribution in [0.3, 0.4) is 0 Å². The second-order valence-electron chi connectivity index (χ2n) is 6.90. The van der Waals surface area contributed by atoms with E-state index in [1.807, 2.05) is 13.8 Å². The summed E-state index contributed by atoms with van der Waals surface area (Å²) in [7, 11) is -3.81. The molecule has 2 aromatic rings. The monoisotopic (exact) mass is 454 g/mol. The zero-order chi connectivity index (χ0) is 21.9. The molecule has 11 heteroatoms. The summed E-state index contributed by atoms with van der Waals surface area (Å²) >= 11 is 1.05. The predicted molar refractivity (Wildman–Crippen MR) is 110 cm³/mol. The predicted octanol–water partition coefficient (Wildman–Crippen LogP) is 2.05. The van der Waals surface area contributed by atoms with E-state index in [-0.39, 0.29) is 39.3 Å². The average Bonchev–Trinajstić information content (AvgIpc) is 3.22. The van der Waals surface area contributed by atoms with Crippen LogP contribution in [-0.2, 0) is 24.3 Å². The smallest absolute Gasteiger partial charge is 0.342 e. The zero-order valence-electron chi connectivity index (χ0n) is 16.4. The number of sulfonamides is 1. The number of carbonyl (C=O) groups is 2. The molecule has 0 saturated carbocycles. The van der Waals surface area contributed by atoms with Crippen LogP contribution in [0.15, 0.2) is 39.9 Å². The molecule has 1 aromatic carbocycles. The molecule has 2 N–H and O–H groups in total. The number of benzene rings is 1. The maximum Gasteiger partial charge on any atom is 0.342 e. The van der Waals surface area contributed by atoms with Crippen molar-refractivity contribution < 1.29 is 32.6 Å². The number of esters is 1. The second-order valence-corrected chi connectivity index (χ2v) is 9.76. The molecule has 2 unspecified atom stereocenters. The molecule has 3 rings (SSSR count). The molecule has 1 amide bonds. The third kappa shape index (κ3) is 5.29. The Labute approximate surface area is 178 Å². The Morgan fingerprint density at radius 3 is 2.60 bits per heavy atom. The molecular formula is C19H22N2O7S2. The van der Waals surface area contributed by atoms with E-state index >= 15 is 0 Å². The highest BCUT2D eigenvalue weighted by Crippen LogP contribution is 2.25. The molecule has 30 heavy (non-hydrogen) atoms. The molecule has 2 atom stereocenters. The minimum Gasteiger partial charge on any atom is -0.507 e. The van der Waals surface area contributed by atoms with Crippen molar-refractivity contribution in [3.63, 3.8) is 0 Å². The molecule has 1 fully saturated rings. The van der Waals surface area contributed by atoms with Crippen molar-refractivity contribution in [2.75, 3.05) is 24.4 Å². The Morgan fingerprint density at radius 1 is 1.27 bits per heavy atom. The first-order valence-corrected chi connectivity index (χ1v) is 11.5. The summed E-state index contributed by atoms with van der Waals surface area (Å²) in [6.07, 6.45) is -0.240. The number of phenols is 1. The molecule has 0 spiro atoms. The van der Waals surface area contributed by atoms with Gasteiger partial charge in [-0.15, -0.1) is 11.3 Å². The number of rotatable bonds is 6. The molecule has 162 valence electrons. The number of thiophene rings is 1. The second kappa shape index (κ2) is 9.02. The van der Waals surface area contributed by atoms with Gasteiger partial charge in [0.15, 0.2) is 6.61 Å². The van der Waals surface area contributed by atoms with E-state index in [0.29, 0.717) is 13.1 Å². The summed E-state index contributed by atoms with van der Waals surface area (Å²) in [6, 6.07) is 6.70. The number of morpholine rings is 1. The topological polar surface area (TPSA) is 122 Å². The van der Waals surface area contributed by atoms with Gasteiger partial charge in [0.1, 0.15) is 15.5 Å². The SMILES string of the molecule is CC1CN(C(=O)COC(=O)c2cc(NS(=O)(=O)c3cccs3)ccc2O)CC(C)O1. The van der Waals surface area contributed by atoms with Gasteiger partial charge in [0.2, 0.25) is 0 Å². The minimum atomic E-state index is -3.81. The number of anilines is 1. The van der Waals surface area contributed by atoms with Crippen LogP contribution in [-0.4, -0.2) is 62.2 Å². The Balaban J connectivity index is 1.66. The molecule has 1 aliphatic heterocycles. The van der Waals surface area contributed by atoms with Gasteiger partial charge in [-0.1, -0.05) is 6.07 Å². The van der Waals surface area contributed by atoms with Crippen molar-refractivity contribution in [1.29, 1.82) is 0 Å². The minimum absolute atomic E-state index is 0.0790. The van der Waals surface area contributed by atoms with Gasteiger partial charge in [-0.2, -0.15) is 0 Å². The summed E-state index contributed by atoms with van der Waals surface area (Å²) in [4.78, 5) is 26.3. The van der Waals surface area contributed by atoms with Crippen LogP contribution in [0.25, 0.3) is 0 Å². The van der Waals surface area contributed by atoms with Crippen LogP contribution in [0, 0.1) is 0 Å². The van der Waals surface area contributed by atoms with E-state index < -0.39 is 22.6 Å². The first-order chi connectivity index (χ1) is 14.2. The van der Waals surface area contributed by atoms with Gasteiger partial charge >= 0.3 is 5.97 Å². The number of ether oxygens (including phenoxy) is 2. The third-order valence-electron chi connectivity index (χ3n) is 4.33. The summed E-state index contributed by atoms with van der Waals surface area (Å²) in [6.45, 7) is 3.99. The van der Waals surface area contributed by atoms with Crippen molar-refractivity contribution >= 4 is 38.9 Å². The van der Waals surface area contributed by atoms with Crippen LogP contribution >= 0.6 is 11.3 Å². The van der Waals surface area contributed by atoms with Gasteiger partial charge in [0.05, 0.1) is 12.2 Å². The Bertz CT molecular complexity index is 1010. The summed E-state index contributed by atoms with van der Waals surface area (Å²) in [5.74, 6) is -1.70. The fourth-order valence-electron chi connectivity index (χ4n) is 3.06. The lowest BCUT2D eigenvalue weighted by atomic mass is 10.2. The lowest BCUT2D eigenvalue weighted by Gasteiger charge is -2.35. The van der Waals surface area contributed by atoms with Crippen LogP contribution < -0.4 is 4.72 Å². The Morgan fingerprint density at radius 2 is 1.97 bits per heavy atom. The lowest BCUT2D eigenvalue weighted by molar-refractivity contribution is -0.146. The maximum atomic E-state index is 12.4. The van der Waals surface area contributed by atoms with E-state index in [9.17, 15) is 23.1 Å². The fourth-order valence-corrected chi connectivity index (χ4v) is 5.11. The lowest BCUT2D eigenvalue weighted by Crippen LogP contribution is -2.49. The van der Waals surface area contributed by atoms with E-state index in [4.69, 9.17) is 9.47 Å². The Kier molecular flexibility index (Phi) is 6.64. The Hall–Kier alpha value is -2.63. The van der Waals surface area contributed by atoms with Gasteiger partial charge in [0.25, 0.3) is 15.9 Å². The van der Waals surface area contributed by atoms with Crippen LogP contribution in [0.5, 0.6) is 5.75 Å².